The molecular weight excluding hydrogens is 480 g/mol. The number of aromatic nitrogens is 6. The van der Waals surface area contributed by atoms with Crippen LogP contribution in [0.1, 0.15) is 5.82 Å². The van der Waals surface area contributed by atoms with Crippen LogP contribution < -0.4 is 10.2 Å². The van der Waals surface area contributed by atoms with E-state index in [1.54, 1.807) is 0 Å². The van der Waals surface area contributed by atoms with Crippen molar-refractivity contribution in [2.45, 2.75) is 6.54 Å². The lowest BCUT2D eigenvalue weighted by Gasteiger charge is -2.27. The number of morpholine rings is 1. The van der Waals surface area contributed by atoms with Crippen molar-refractivity contribution in [3.8, 4) is 5.69 Å². The Hall–Kier alpha value is -4.26. The molecule has 9 nitrogen and oxygen atoms in total. The third kappa shape index (κ3) is 3.86. The van der Waals surface area contributed by atoms with Crippen LogP contribution in [-0.2, 0) is 11.3 Å². The first-order chi connectivity index (χ1) is 17.5. The summed E-state index contributed by atoms with van der Waals surface area (Å²) in [4.78, 5) is 22.6. The van der Waals surface area contributed by atoms with Crippen molar-refractivity contribution < 1.29 is 22.3 Å². The van der Waals surface area contributed by atoms with Gasteiger partial charge in [0.25, 0.3) is 0 Å². The molecule has 1 aliphatic heterocycles. The van der Waals surface area contributed by atoms with Crippen molar-refractivity contribution in [2.75, 3.05) is 36.5 Å². The maximum absolute atomic E-state index is 14.6. The number of nitrogens with one attached hydrogen (secondary N) is 2. The molecule has 3 aromatic heterocycles. The number of rotatable bonds is 5. The fourth-order valence-electron chi connectivity index (χ4n) is 4.09. The van der Waals surface area contributed by atoms with Gasteiger partial charge in [0.2, 0.25) is 5.95 Å². The number of halogens is 4. The van der Waals surface area contributed by atoms with Crippen molar-refractivity contribution in [3.63, 3.8) is 0 Å². The zero-order chi connectivity index (χ0) is 24.8. The van der Waals surface area contributed by atoms with Crippen LogP contribution >= 0.6 is 0 Å². The molecule has 0 radical (unpaired) electrons. The minimum Gasteiger partial charge on any atom is -0.378 e. The van der Waals surface area contributed by atoms with Gasteiger partial charge >= 0.3 is 0 Å². The Bertz CT molecular complexity index is 1590. The summed E-state index contributed by atoms with van der Waals surface area (Å²) in [7, 11) is 0. The normalized spacial score (nSPS) is 14.2. The summed E-state index contributed by atoms with van der Waals surface area (Å²) in [6.07, 6.45) is 1.38. The lowest BCUT2D eigenvalue weighted by atomic mass is 10.3. The number of anilines is 2. The summed E-state index contributed by atoms with van der Waals surface area (Å²) >= 11 is 0. The van der Waals surface area contributed by atoms with Crippen LogP contribution in [-0.4, -0.2) is 55.8 Å². The minimum absolute atomic E-state index is 0.0752. The Kier molecular flexibility index (Phi) is 5.40. The SMILES string of the molecule is Fc1ccc(-n2cnc3c(NCc4nc5c(F)c(F)ccc5[nH]4)nc(N4CCOCC4)nc32)c(F)c1. The third-order valence-corrected chi connectivity index (χ3v) is 5.87. The Balaban J connectivity index is 1.41. The molecule has 13 heteroatoms. The molecule has 36 heavy (non-hydrogen) atoms. The van der Waals surface area contributed by atoms with Crippen LogP contribution in [0.3, 0.4) is 0 Å². The van der Waals surface area contributed by atoms with E-state index in [2.05, 4.69) is 30.2 Å². The smallest absolute Gasteiger partial charge is 0.229 e. The lowest BCUT2D eigenvalue weighted by Crippen LogP contribution is -2.37. The van der Waals surface area contributed by atoms with E-state index in [9.17, 15) is 17.6 Å². The third-order valence-electron chi connectivity index (χ3n) is 5.87. The van der Waals surface area contributed by atoms with Gasteiger partial charge in [-0.15, -0.1) is 0 Å². The number of ether oxygens (including phenoxy) is 1. The van der Waals surface area contributed by atoms with E-state index in [-0.39, 0.29) is 17.7 Å². The van der Waals surface area contributed by atoms with Crippen LogP contribution in [0.15, 0.2) is 36.7 Å². The number of hydrogen-bond donors (Lipinski definition) is 2. The molecule has 0 saturated carbocycles. The number of nitrogens with zero attached hydrogens (tertiary/aromatic N) is 6. The Morgan fingerprint density at radius 3 is 2.58 bits per heavy atom. The van der Waals surface area contributed by atoms with Gasteiger partial charge in [0.1, 0.15) is 29.3 Å². The lowest BCUT2D eigenvalue weighted by molar-refractivity contribution is 0.122. The monoisotopic (exact) mass is 498 g/mol. The maximum Gasteiger partial charge on any atom is 0.229 e. The van der Waals surface area contributed by atoms with E-state index in [0.717, 1.165) is 18.2 Å². The van der Waals surface area contributed by atoms with Gasteiger partial charge in [-0.05, 0) is 24.3 Å². The summed E-state index contributed by atoms with van der Waals surface area (Å²) in [5, 5.41) is 3.12. The fraction of sp³-hybridized carbons (Fsp3) is 0.217. The molecule has 0 spiro atoms. The van der Waals surface area contributed by atoms with Gasteiger partial charge in [0, 0.05) is 19.2 Å². The van der Waals surface area contributed by atoms with Crippen LogP contribution in [0.2, 0.25) is 0 Å². The molecular formula is C23H18F4N8O. The van der Waals surface area contributed by atoms with Crippen LogP contribution in [0.4, 0.5) is 29.3 Å². The molecule has 6 rings (SSSR count). The Labute approximate surface area is 200 Å². The molecule has 184 valence electrons. The van der Waals surface area contributed by atoms with Crippen molar-refractivity contribution >= 4 is 34.0 Å². The topological polar surface area (TPSA) is 96.8 Å². The van der Waals surface area contributed by atoms with Gasteiger partial charge < -0.3 is 19.9 Å². The molecule has 4 heterocycles. The van der Waals surface area contributed by atoms with Gasteiger partial charge in [0.05, 0.1) is 31.0 Å². The zero-order valence-electron chi connectivity index (χ0n) is 18.6. The zero-order valence-corrected chi connectivity index (χ0v) is 18.6. The van der Waals surface area contributed by atoms with Crippen molar-refractivity contribution in [2.24, 2.45) is 0 Å². The minimum atomic E-state index is -1.03. The van der Waals surface area contributed by atoms with E-state index in [1.807, 2.05) is 4.90 Å². The number of fused-ring (bicyclic) bond motifs is 2. The summed E-state index contributed by atoms with van der Waals surface area (Å²) < 4.78 is 62.5. The van der Waals surface area contributed by atoms with Crippen molar-refractivity contribution in [3.05, 3.63) is 65.8 Å². The number of imidazole rings is 2. The average molecular weight is 498 g/mol. The summed E-state index contributed by atoms with van der Waals surface area (Å²) in [6, 6.07) is 5.67. The molecule has 0 aliphatic carbocycles. The summed E-state index contributed by atoms with van der Waals surface area (Å²) in [5.74, 6) is -2.45. The Morgan fingerprint density at radius 2 is 1.78 bits per heavy atom. The fourth-order valence-corrected chi connectivity index (χ4v) is 4.09. The van der Waals surface area contributed by atoms with E-state index < -0.39 is 23.3 Å². The molecule has 1 fully saturated rings. The van der Waals surface area contributed by atoms with Crippen LogP contribution in [0.5, 0.6) is 0 Å². The summed E-state index contributed by atoms with van der Waals surface area (Å²) in [6.45, 7) is 2.19. The second-order valence-corrected chi connectivity index (χ2v) is 8.15. The van der Waals surface area contributed by atoms with Crippen LogP contribution in [0.25, 0.3) is 27.9 Å². The quantitative estimate of drug-likeness (QED) is 0.357. The highest BCUT2D eigenvalue weighted by Gasteiger charge is 2.21. The number of benzene rings is 2. The predicted molar refractivity (Wildman–Crippen MR) is 123 cm³/mol. The second kappa shape index (κ2) is 8.75. The van der Waals surface area contributed by atoms with Crippen molar-refractivity contribution in [1.29, 1.82) is 0 Å². The van der Waals surface area contributed by atoms with Gasteiger partial charge in [0.15, 0.2) is 28.6 Å². The molecule has 2 aromatic carbocycles. The molecule has 2 N–H and O–H groups in total. The standard InChI is InChI=1S/C23H18F4N8O/c24-12-1-4-16(14(26)9-12)35-11-29-20-21(32-23(33-22(20)35)34-5-7-36-8-6-34)28-10-17-30-15-3-2-13(25)18(27)19(15)31-17/h1-4,9,11H,5-8,10H2,(H,30,31)(H,28,32,33). The van der Waals surface area contributed by atoms with Gasteiger partial charge in [-0.1, -0.05) is 0 Å². The predicted octanol–water partition coefficient (Wildman–Crippen LogP) is 3.70. The second-order valence-electron chi connectivity index (χ2n) is 8.15. The van der Waals surface area contributed by atoms with E-state index >= 15 is 0 Å². The molecule has 1 saturated heterocycles. The molecule has 0 bridgehead atoms. The first kappa shape index (κ1) is 22.2. The number of aromatic amines is 1. The highest BCUT2D eigenvalue weighted by molar-refractivity contribution is 5.85. The maximum atomic E-state index is 14.6. The Morgan fingerprint density at radius 1 is 0.944 bits per heavy atom. The van der Waals surface area contributed by atoms with E-state index in [1.165, 1.54) is 23.0 Å². The molecule has 0 amide bonds. The first-order valence-corrected chi connectivity index (χ1v) is 11.1. The number of H-pyrrole nitrogens is 1. The highest BCUT2D eigenvalue weighted by Crippen LogP contribution is 2.27. The number of hydrogen-bond acceptors (Lipinski definition) is 7. The molecule has 0 unspecified atom stereocenters. The van der Waals surface area contributed by atoms with Gasteiger partial charge in [-0.25, -0.2) is 27.5 Å². The average Bonchev–Trinajstić information content (AvgIpc) is 3.50. The van der Waals surface area contributed by atoms with Gasteiger partial charge in [-0.3, -0.25) is 4.57 Å². The highest BCUT2D eigenvalue weighted by atomic mass is 19.2. The molecule has 0 atom stereocenters. The largest absolute Gasteiger partial charge is 0.378 e. The first-order valence-electron chi connectivity index (χ1n) is 11.1. The molecule has 1 aliphatic rings. The van der Waals surface area contributed by atoms with Gasteiger partial charge in [-0.2, -0.15) is 9.97 Å². The van der Waals surface area contributed by atoms with Crippen molar-refractivity contribution in [1.82, 2.24) is 29.5 Å². The van der Waals surface area contributed by atoms with E-state index in [0.29, 0.717) is 60.6 Å². The molecule has 5 aromatic rings. The summed E-state index contributed by atoms with van der Waals surface area (Å²) in [5.41, 5.74) is 0.959. The van der Waals surface area contributed by atoms with E-state index in [4.69, 9.17) is 4.74 Å². The van der Waals surface area contributed by atoms with Crippen LogP contribution in [0, 0.1) is 23.3 Å².